The summed E-state index contributed by atoms with van der Waals surface area (Å²) in [6, 6.07) is 13.6. The largest absolute Gasteiger partial charge is 0.326 e. The summed E-state index contributed by atoms with van der Waals surface area (Å²) >= 11 is 2.21. The zero-order chi connectivity index (χ0) is 18.2. The minimum atomic E-state index is -0.294. The lowest BCUT2D eigenvalue weighted by Crippen LogP contribution is -2.20. The average molecular weight is 449 g/mol. The monoisotopic (exact) mass is 449 g/mol. The summed E-state index contributed by atoms with van der Waals surface area (Å²) in [4.78, 5) is 23.7. The Morgan fingerprint density at radius 1 is 1.08 bits per heavy atom. The van der Waals surface area contributed by atoms with Crippen LogP contribution in [0.3, 0.4) is 0 Å². The number of carbonyl (C=O) groups is 2. The van der Waals surface area contributed by atoms with Gasteiger partial charge in [-0.05, 0) is 65.8 Å². The molecule has 2 aromatic carbocycles. The predicted octanol–water partition coefficient (Wildman–Crippen LogP) is 3.78. The molecular formula is C19H20IN3O2. The van der Waals surface area contributed by atoms with Gasteiger partial charge in [0, 0.05) is 22.1 Å². The number of nitrogens with one attached hydrogen (secondary N) is 2. The standard InChI is InChI=1S/C19H20IN3O2/c1-13-6-7-17(14(2)10-13)22-18(24)8-9-19(25)23-21-12-15-4-3-5-16(20)11-15/h3-7,10-12H,8-9H2,1-2H3,(H,22,24)(H,23,25). The molecule has 0 atom stereocenters. The molecule has 0 saturated carbocycles. The van der Waals surface area contributed by atoms with E-state index < -0.39 is 0 Å². The van der Waals surface area contributed by atoms with E-state index in [4.69, 9.17) is 0 Å². The Hall–Kier alpha value is -2.22. The first-order chi connectivity index (χ1) is 11.9. The first kappa shape index (κ1) is 19.1. The van der Waals surface area contributed by atoms with Crippen molar-refractivity contribution in [3.8, 4) is 0 Å². The van der Waals surface area contributed by atoms with Gasteiger partial charge in [-0.2, -0.15) is 5.10 Å². The Labute approximate surface area is 161 Å². The van der Waals surface area contributed by atoms with Gasteiger partial charge in [-0.3, -0.25) is 9.59 Å². The third kappa shape index (κ3) is 6.66. The van der Waals surface area contributed by atoms with Crippen molar-refractivity contribution in [2.45, 2.75) is 26.7 Å². The van der Waals surface area contributed by atoms with Crippen LogP contribution in [-0.4, -0.2) is 18.0 Å². The van der Waals surface area contributed by atoms with E-state index >= 15 is 0 Å². The fourth-order valence-corrected chi connectivity index (χ4v) is 2.78. The Bertz CT molecular complexity index is 803. The molecule has 0 spiro atoms. The van der Waals surface area contributed by atoms with E-state index in [1.54, 1.807) is 6.21 Å². The lowest BCUT2D eigenvalue weighted by atomic mass is 10.1. The second-order valence-electron chi connectivity index (χ2n) is 5.71. The van der Waals surface area contributed by atoms with Gasteiger partial charge in [-0.25, -0.2) is 5.43 Å². The van der Waals surface area contributed by atoms with Gasteiger partial charge in [0.2, 0.25) is 11.8 Å². The van der Waals surface area contributed by atoms with E-state index in [-0.39, 0.29) is 24.7 Å². The lowest BCUT2D eigenvalue weighted by molar-refractivity contribution is -0.124. The van der Waals surface area contributed by atoms with Gasteiger partial charge >= 0.3 is 0 Å². The van der Waals surface area contributed by atoms with Crippen LogP contribution in [0.15, 0.2) is 47.6 Å². The van der Waals surface area contributed by atoms with E-state index in [0.29, 0.717) is 0 Å². The smallest absolute Gasteiger partial charge is 0.240 e. The maximum Gasteiger partial charge on any atom is 0.240 e. The topological polar surface area (TPSA) is 70.6 Å². The summed E-state index contributed by atoms with van der Waals surface area (Å²) in [5.74, 6) is -0.485. The Balaban J connectivity index is 1.76. The molecular weight excluding hydrogens is 429 g/mol. The lowest BCUT2D eigenvalue weighted by Gasteiger charge is -2.08. The Morgan fingerprint density at radius 2 is 1.84 bits per heavy atom. The van der Waals surface area contributed by atoms with Gasteiger partial charge in [0.1, 0.15) is 0 Å². The SMILES string of the molecule is Cc1ccc(NC(=O)CCC(=O)NN=Cc2cccc(I)c2)c(C)c1. The molecule has 0 fully saturated rings. The molecule has 0 aliphatic heterocycles. The van der Waals surface area contributed by atoms with Gasteiger partial charge in [-0.15, -0.1) is 0 Å². The molecule has 0 aliphatic rings. The summed E-state index contributed by atoms with van der Waals surface area (Å²) in [6.45, 7) is 3.94. The third-order valence-corrected chi connectivity index (χ3v) is 4.16. The molecule has 0 heterocycles. The summed E-state index contributed by atoms with van der Waals surface area (Å²) in [5, 5.41) is 6.73. The number of hydrazone groups is 1. The van der Waals surface area contributed by atoms with Crippen molar-refractivity contribution in [1.82, 2.24) is 5.43 Å². The maximum atomic E-state index is 12.0. The highest BCUT2D eigenvalue weighted by molar-refractivity contribution is 14.1. The Morgan fingerprint density at radius 3 is 2.56 bits per heavy atom. The quantitative estimate of drug-likeness (QED) is 0.401. The highest BCUT2D eigenvalue weighted by Crippen LogP contribution is 2.16. The summed E-state index contributed by atoms with van der Waals surface area (Å²) < 4.78 is 1.09. The van der Waals surface area contributed by atoms with Gasteiger partial charge in [0.15, 0.2) is 0 Å². The van der Waals surface area contributed by atoms with Crippen molar-refractivity contribution in [3.05, 3.63) is 62.7 Å². The minimum absolute atomic E-state index is 0.0837. The van der Waals surface area contributed by atoms with Crippen LogP contribution in [-0.2, 0) is 9.59 Å². The third-order valence-electron chi connectivity index (χ3n) is 3.49. The van der Waals surface area contributed by atoms with E-state index in [2.05, 4.69) is 38.4 Å². The van der Waals surface area contributed by atoms with Crippen LogP contribution in [0.25, 0.3) is 0 Å². The molecule has 0 radical (unpaired) electrons. The summed E-state index contributed by atoms with van der Waals surface area (Å²) in [6.07, 6.45) is 1.77. The van der Waals surface area contributed by atoms with Gasteiger partial charge < -0.3 is 5.32 Å². The molecule has 0 unspecified atom stereocenters. The highest BCUT2D eigenvalue weighted by Gasteiger charge is 2.08. The number of aryl methyl sites for hydroxylation is 2. The number of rotatable bonds is 6. The van der Waals surface area contributed by atoms with Crippen LogP contribution in [0.4, 0.5) is 5.69 Å². The maximum absolute atomic E-state index is 12.0. The number of amides is 2. The van der Waals surface area contributed by atoms with Crippen molar-refractivity contribution >= 4 is 46.3 Å². The molecule has 0 saturated heterocycles. The van der Waals surface area contributed by atoms with Gasteiger partial charge in [0.05, 0.1) is 6.21 Å². The van der Waals surface area contributed by atoms with Crippen LogP contribution < -0.4 is 10.7 Å². The van der Waals surface area contributed by atoms with Crippen LogP contribution in [0.1, 0.15) is 29.5 Å². The number of carbonyl (C=O) groups excluding carboxylic acids is 2. The highest BCUT2D eigenvalue weighted by atomic mass is 127. The molecule has 0 aromatic heterocycles. The van der Waals surface area contributed by atoms with Gasteiger partial charge in [0.25, 0.3) is 0 Å². The van der Waals surface area contributed by atoms with Crippen molar-refractivity contribution in [2.24, 2.45) is 5.10 Å². The molecule has 5 nitrogen and oxygen atoms in total. The van der Waals surface area contributed by atoms with Crippen LogP contribution in [0, 0.1) is 17.4 Å². The fourth-order valence-electron chi connectivity index (χ4n) is 2.22. The van der Waals surface area contributed by atoms with Crippen molar-refractivity contribution in [1.29, 1.82) is 0 Å². The fraction of sp³-hybridized carbons (Fsp3) is 0.211. The number of halogens is 1. The van der Waals surface area contributed by atoms with Gasteiger partial charge in [-0.1, -0.05) is 29.8 Å². The molecule has 2 rings (SSSR count). The van der Waals surface area contributed by atoms with E-state index in [9.17, 15) is 9.59 Å². The van der Waals surface area contributed by atoms with Crippen LogP contribution in [0.5, 0.6) is 0 Å². The summed E-state index contributed by atoms with van der Waals surface area (Å²) in [5.41, 5.74) is 6.25. The molecule has 0 aliphatic carbocycles. The van der Waals surface area contributed by atoms with Crippen molar-refractivity contribution < 1.29 is 9.59 Å². The van der Waals surface area contributed by atoms with Crippen molar-refractivity contribution in [3.63, 3.8) is 0 Å². The zero-order valence-electron chi connectivity index (χ0n) is 14.2. The molecule has 0 bridgehead atoms. The summed E-state index contributed by atoms with van der Waals surface area (Å²) in [7, 11) is 0. The first-order valence-electron chi connectivity index (χ1n) is 7.88. The number of nitrogens with zero attached hydrogens (tertiary/aromatic N) is 1. The predicted molar refractivity (Wildman–Crippen MR) is 109 cm³/mol. The van der Waals surface area contributed by atoms with E-state index in [0.717, 1.165) is 25.9 Å². The zero-order valence-corrected chi connectivity index (χ0v) is 16.3. The second kappa shape index (κ2) is 9.31. The van der Waals surface area contributed by atoms with E-state index in [1.807, 2.05) is 56.3 Å². The molecule has 2 N–H and O–H groups in total. The molecule has 2 aromatic rings. The van der Waals surface area contributed by atoms with Crippen LogP contribution in [0.2, 0.25) is 0 Å². The molecule has 130 valence electrons. The van der Waals surface area contributed by atoms with Crippen LogP contribution >= 0.6 is 22.6 Å². The minimum Gasteiger partial charge on any atom is -0.326 e. The number of benzene rings is 2. The number of anilines is 1. The van der Waals surface area contributed by atoms with Crippen molar-refractivity contribution in [2.75, 3.05) is 5.32 Å². The number of hydrogen-bond donors (Lipinski definition) is 2. The second-order valence-corrected chi connectivity index (χ2v) is 6.96. The molecule has 6 heteroatoms. The molecule has 2 amide bonds. The first-order valence-corrected chi connectivity index (χ1v) is 8.96. The average Bonchev–Trinajstić information content (AvgIpc) is 2.56. The van der Waals surface area contributed by atoms with E-state index in [1.165, 1.54) is 0 Å². The number of hydrogen-bond acceptors (Lipinski definition) is 3. The Kier molecular flexibility index (Phi) is 7.12. The molecule has 25 heavy (non-hydrogen) atoms. The normalized spacial score (nSPS) is 10.7.